The predicted octanol–water partition coefficient (Wildman–Crippen LogP) is 3.10. The molecule has 5 rings (SSSR count). The number of pyridine rings is 1. The zero-order chi connectivity index (χ0) is 28.1. The second-order valence-electron chi connectivity index (χ2n) is 12.8. The number of rotatable bonds is 5. The molecule has 4 bridgehead atoms. The molecule has 9 heteroatoms. The lowest BCUT2D eigenvalue weighted by atomic mass is 9.79. The molecule has 9 nitrogen and oxygen atoms in total. The first kappa shape index (κ1) is 28.8. The van der Waals surface area contributed by atoms with Crippen molar-refractivity contribution in [2.75, 3.05) is 45.9 Å². The molecule has 0 unspecified atom stereocenters. The largest absolute Gasteiger partial charge is 0.478 e. The Labute approximate surface area is 238 Å². The highest BCUT2D eigenvalue weighted by molar-refractivity contribution is 5.92. The molecule has 40 heavy (non-hydrogen) atoms. The van der Waals surface area contributed by atoms with E-state index in [-0.39, 0.29) is 35.6 Å². The normalized spacial score (nSPS) is 28.7. The maximum atomic E-state index is 13.7. The van der Waals surface area contributed by atoms with Gasteiger partial charge in [0, 0.05) is 57.7 Å². The van der Waals surface area contributed by atoms with Gasteiger partial charge in [0.2, 0.25) is 17.7 Å². The zero-order valence-corrected chi connectivity index (χ0v) is 24.3. The van der Waals surface area contributed by atoms with E-state index in [0.717, 1.165) is 44.7 Å². The van der Waals surface area contributed by atoms with E-state index in [0.29, 0.717) is 62.5 Å². The van der Waals surface area contributed by atoms with Gasteiger partial charge < -0.3 is 25.2 Å². The molecular weight excluding hydrogens is 506 g/mol. The Morgan fingerprint density at radius 2 is 1.90 bits per heavy atom. The molecule has 3 fully saturated rings. The number of nitrogens with one attached hydrogen (secondary N) is 2. The highest BCUT2D eigenvalue weighted by Gasteiger charge is 2.37. The average Bonchev–Trinajstić information content (AvgIpc) is 3.74. The maximum absolute atomic E-state index is 13.7. The quantitative estimate of drug-likeness (QED) is 0.581. The van der Waals surface area contributed by atoms with E-state index in [4.69, 9.17) is 4.74 Å². The summed E-state index contributed by atoms with van der Waals surface area (Å²) in [5, 5.41) is 6.09. The molecule has 0 spiro atoms. The molecule has 2 saturated heterocycles. The Morgan fingerprint density at radius 3 is 2.70 bits per heavy atom. The van der Waals surface area contributed by atoms with Gasteiger partial charge in [0.1, 0.15) is 5.69 Å². The first-order chi connectivity index (χ1) is 19.3. The van der Waals surface area contributed by atoms with Gasteiger partial charge in [-0.2, -0.15) is 0 Å². The summed E-state index contributed by atoms with van der Waals surface area (Å²) < 4.78 is 5.98. The van der Waals surface area contributed by atoms with Crippen LogP contribution in [0.1, 0.15) is 75.7 Å². The van der Waals surface area contributed by atoms with Crippen molar-refractivity contribution in [3.63, 3.8) is 0 Å². The van der Waals surface area contributed by atoms with Gasteiger partial charge >= 0.3 is 0 Å². The first-order valence-corrected chi connectivity index (χ1v) is 15.5. The summed E-state index contributed by atoms with van der Waals surface area (Å²) in [5.74, 6) is 2.48. The summed E-state index contributed by atoms with van der Waals surface area (Å²) in [6.45, 7) is 9.56. The molecule has 220 valence electrons. The van der Waals surface area contributed by atoms with Crippen molar-refractivity contribution in [3.8, 4) is 5.88 Å². The van der Waals surface area contributed by atoms with Crippen molar-refractivity contribution in [3.05, 3.63) is 23.9 Å². The molecule has 4 heterocycles. The zero-order valence-electron chi connectivity index (χ0n) is 24.3. The minimum absolute atomic E-state index is 0.0743. The van der Waals surface area contributed by atoms with Crippen LogP contribution in [0.5, 0.6) is 5.88 Å². The van der Waals surface area contributed by atoms with Gasteiger partial charge in [-0.3, -0.25) is 14.4 Å². The minimum atomic E-state index is -0.189. The summed E-state index contributed by atoms with van der Waals surface area (Å²) in [5.41, 5.74) is 0.361. The number of carbonyl (C=O) groups excluding carboxylic acids is 3. The number of likely N-dealkylation sites (tertiary alicyclic amines) is 1. The van der Waals surface area contributed by atoms with Crippen LogP contribution < -0.4 is 15.4 Å². The molecule has 4 atom stereocenters. The highest BCUT2D eigenvalue weighted by atomic mass is 16.5. The number of piperidine rings is 2. The van der Waals surface area contributed by atoms with Crippen molar-refractivity contribution in [2.45, 2.75) is 71.3 Å². The molecule has 2 N–H and O–H groups in total. The van der Waals surface area contributed by atoms with Crippen LogP contribution in [0.25, 0.3) is 0 Å². The molecule has 3 amide bonds. The van der Waals surface area contributed by atoms with Crippen molar-refractivity contribution < 1.29 is 19.1 Å². The fraction of sp³-hybridized carbons (Fsp3) is 0.742. The van der Waals surface area contributed by atoms with Crippen LogP contribution in [0.4, 0.5) is 0 Å². The van der Waals surface area contributed by atoms with Crippen LogP contribution in [-0.2, 0) is 9.59 Å². The monoisotopic (exact) mass is 553 g/mol. The Bertz CT molecular complexity index is 1040. The molecule has 3 aliphatic heterocycles. The maximum Gasteiger partial charge on any atom is 0.270 e. The van der Waals surface area contributed by atoms with E-state index in [1.165, 1.54) is 19.4 Å². The Balaban J connectivity index is 1.32. The van der Waals surface area contributed by atoms with Gasteiger partial charge in [-0.15, -0.1) is 0 Å². The Hall–Kier alpha value is -2.68. The number of aromatic nitrogens is 1. The SMILES string of the molecule is CC(C)NC(=O)C[C@@H]1CCN2C[C@@H]1CCOc1cccc(n1)C(=O)NCC[C@H]1CN(CC3CC3)CC[C@H]1CC2=O. The summed E-state index contributed by atoms with van der Waals surface area (Å²) in [6, 6.07) is 5.41. The van der Waals surface area contributed by atoms with E-state index in [2.05, 4.69) is 20.5 Å². The van der Waals surface area contributed by atoms with Crippen molar-refractivity contribution in [1.82, 2.24) is 25.4 Å². The van der Waals surface area contributed by atoms with E-state index in [9.17, 15) is 14.4 Å². The minimum Gasteiger partial charge on any atom is -0.478 e. The van der Waals surface area contributed by atoms with Gasteiger partial charge in [-0.1, -0.05) is 6.07 Å². The molecule has 1 saturated carbocycles. The van der Waals surface area contributed by atoms with Crippen molar-refractivity contribution in [1.29, 1.82) is 0 Å². The summed E-state index contributed by atoms with van der Waals surface area (Å²) in [6.07, 6.45) is 7.16. The fourth-order valence-corrected chi connectivity index (χ4v) is 6.86. The van der Waals surface area contributed by atoms with Crippen molar-refractivity contribution >= 4 is 17.7 Å². The Kier molecular flexibility index (Phi) is 9.60. The van der Waals surface area contributed by atoms with E-state index >= 15 is 0 Å². The molecule has 4 aliphatic rings. The van der Waals surface area contributed by atoms with E-state index < -0.39 is 0 Å². The van der Waals surface area contributed by atoms with Crippen LogP contribution in [0, 0.1) is 29.6 Å². The molecule has 1 aliphatic carbocycles. The number of ether oxygens (including phenoxy) is 1. The van der Waals surface area contributed by atoms with Gasteiger partial charge in [0.05, 0.1) is 6.61 Å². The number of fused-ring (bicyclic) bond motifs is 5. The lowest BCUT2D eigenvalue weighted by Crippen LogP contribution is -2.48. The lowest BCUT2D eigenvalue weighted by molar-refractivity contribution is -0.136. The molecular formula is C31H47N5O4. The summed E-state index contributed by atoms with van der Waals surface area (Å²) >= 11 is 0. The van der Waals surface area contributed by atoms with Gasteiger partial charge in [-0.05, 0) is 94.6 Å². The topological polar surface area (TPSA) is 104 Å². The number of carbonyl (C=O) groups is 3. The van der Waals surface area contributed by atoms with Crippen LogP contribution >= 0.6 is 0 Å². The average molecular weight is 554 g/mol. The van der Waals surface area contributed by atoms with Gasteiger partial charge in [0.25, 0.3) is 5.91 Å². The van der Waals surface area contributed by atoms with Crippen LogP contribution in [0.3, 0.4) is 0 Å². The van der Waals surface area contributed by atoms with Crippen LogP contribution in [0.2, 0.25) is 0 Å². The molecule has 1 aromatic heterocycles. The van der Waals surface area contributed by atoms with Crippen LogP contribution in [0.15, 0.2) is 18.2 Å². The van der Waals surface area contributed by atoms with Gasteiger partial charge in [0.15, 0.2) is 0 Å². The smallest absolute Gasteiger partial charge is 0.270 e. The second kappa shape index (κ2) is 13.3. The summed E-state index contributed by atoms with van der Waals surface area (Å²) in [7, 11) is 0. The fourth-order valence-electron chi connectivity index (χ4n) is 6.86. The summed E-state index contributed by atoms with van der Waals surface area (Å²) in [4.78, 5) is 48.3. The van der Waals surface area contributed by atoms with Crippen LogP contribution in [-0.4, -0.2) is 84.4 Å². The van der Waals surface area contributed by atoms with E-state index in [1.54, 1.807) is 18.2 Å². The third-order valence-electron chi connectivity index (χ3n) is 9.26. The number of nitrogens with zero attached hydrogens (tertiary/aromatic N) is 3. The lowest BCUT2D eigenvalue weighted by Gasteiger charge is -2.41. The highest BCUT2D eigenvalue weighted by Crippen LogP contribution is 2.36. The standard InChI is InChI=1S/C31H47N5O4/c1-21(2)33-28(37)16-23-10-14-36-20-26(23)11-15-40-29-5-3-4-27(34-29)31(39)32-12-8-25-19-35(18-22-6-7-22)13-9-24(25)17-30(36)38/h3-5,21-26H,6-20H2,1-2H3,(H,32,39)(H,33,37)/t23-,24-,25-,26-/m0/s1. The third kappa shape index (κ3) is 7.95. The molecule has 0 radical (unpaired) electrons. The number of hydrogen-bond donors (Lipinski definition) is 2. The number of hydrogen-bond acceptors (Lipinski definition) is 6. The molecule has 1 aromatic rings. The Morgan fingerprint density at radius 1 is 1.05 bits per heavy atom. The second-order valence-corrected chi connectivity index (χ2v) is 12.8. The third-order valence-corrected chi connectivity index (χ3v) is 9.26. The van der Waals surface area contributed by atoms with Crippen molar-refractivity contribution in [2.24, 2.45) is 29.6 Å². The van der Waals surface area contributed by atoms with Gasteiger partial charge in [-0.25, -0.2) is 4.98 Å². The number of amides is 3. The predicted molar refractivity (Wildman–Crippen MR) is 153 cm³/mol. The molecule has 0 aromatic carbocycles. The van der Waals surface area contributed by atoms with E-state index in [1.807, 2.05) is 18.7 Å². The first-order valence-electron chi connectivity index (χ1n) is 15.5.